The van der Waals surface area contributed by atoms with Gasteiger partial charge in [-0.05, 0) is 25.2 Å². The summed E-state index contributed by atoms with van der Waals surface area (Å²) in [6, 6.07) is 0. The minimum atomic E-state index is -0.755. The lowest BCUT2D eigenvalue weighted by molar-refractivity contribution is 0.267. The van der Waals surface area contributed by atoms with Gasteiger partial charge in [0.2, 0.25) is 0 Å². The average molecular weight is 152 g/mol. The summed E-state index contributed by atoms with van der Waals surface area (Å²) in [6.45, 7) is 6.27. The van der Waals surface area contributed by atoms with Crippen LogP contribution in [0.3, 0.4) is 0 Å². The first-order valence-corrected chi connectivity index (χ1v) is 3.87. The van der Waals surface area contributed by atoms with Crippen LogP contribution in [0.1, 0.15) is 19.8 Å². The Morgan fingerprint density at radius 2 is 2.45 bits per heavy atom. The topological polar surface area (TPSA) is 29.5 Å². The molecule has 0 saturated carbocycles. The van der Waals surface area contributed by atoms with Crippen LogP contribution in [0.25, 0.3) is 0 Å². The maximum Gasteiger partial charge on any atom is 0.491 e. The predicted molar refractivity (Wildman–Crippen MR) is 46.1 cm³/mol. The zero-order valence-corrected chi connectivity index (χ0v) is 6.84. The highest BCUT2D eigenvalue weighted by Gasteiger charge is 2.21. The average Bonchev–Trinajstić information content (AvgIpc) is 2.12. The number of rotatable bonds is 1. The van der Waals surface area contributed by atoms with E-state index in [-0.39, 0.29) is 0 Å². The molecule has 0 fully saturated rings. The van der Waals surface area contributed by atoms with Crippen molar-refractivity contribution < 1.29 is 9.68 Å². The molecule has 0 aromatic heterocycles. The number of hydrogen-bond donors (Lipinski definition) is 1. The number of allylic oxidation sites excluding steroid dienone is 3. The van der Waals surface area contributed by atoms with Crippen LogP contribution >= 0.6 is 0 Å². The van der Waals surface area contributed by atoms with Crippen molar-refractivity contribution in [3.63, 3.8) is 0 Å². The second-order valence-electron chi connectivity index (χ2n) is 2.77. The molecule has 0 radical (unpaired) electrons. The summed E-state index contributed by atoms with van der Waals surface area (Å²) in [7, 11) is -0.755. The lowest BCUT2D eigenvalue weighted by Gasteiger charge is -2.05. The molecule has 0 bridgehead atoms. The highest BCUT2D eigenvalue weighted by Crippen LogP contribution is 2.17. The van der Waals surface area contributed by atoms with Gasteiger partial charge in [0.1, 0.15) is 0 Å². The van der Waals surface area contributed by atoms with E-state index in [0.29, 0.717) is 6.61 Å². The third kappa shape index (κ3) is 1.95. The van der Waals surface area contributed by atoms with Crippen molar-refractivity contribution in [1.82, 2.24) is 0 Å². The first kappa shape index (κ1) is 8.56. The zero-order valence-electron chi connectivity index (χ0n) is 6.84. The van der Waals surface area contributed by atoms with Crippen LogP contribution in [0.5, 0.6) is 0 Å². The second-order valence-corrected chi connectivity index (χ2v) is 2.77. The van der Waals surface area contributed by atoms with Gasteiger partial charge in [0, 0.05) is 6.61 Å². The van der Waals surface area contributed by atoms with E-state index in [2.05, 4.69) is 6.58 Å². The summed E-state index contributed by atoms with van der Waals surface area (Å²) in [6.07, 6.45) is 3.66. The summed E-state index contributed by atoms with van der Waals surface area (Å²) in [5, 5.41) is 9.37. The normalized spacial score (nSPS) is 20.0. The second kappa shape index (κ2) is 3.74. The molecule has 1 heterocycles. The van der Waals surface area contributed by atoms with Gasteiger partial charge in [-0.2, -0.15) is 0 Å². The molecule has 0 atom stereocenters. The maximum atomic E-state index is 9.37. The molecule has 1 N–H and O–H groups in total. The van der Waals surface area contributed by atoms with Crippen molar-refractivity contribution in [3.05, 3.63) is 23.7 Å². The summed E-state index contributed by atoms with van der Waals surface area (Å²) in [4.78, 5) is 0. The van der Waals surface area contributed by atoms with Gasteiger partial charge in [0.25, 0.3) is 0 Å². The van der Waals surface area contributed by atoms with E-state index in [9.17, 15) is 5.02 Å². The molecule has 11 heavy (non-hydrogen) atoms. The highest BCUT2D eigenvalue weighted by atomic mass is 16.5. The molecule has 0 saturated heterocycles. The first-order valence-electron chi connectivity index (χ1n) is 3.87. The SMILES string of the molecule is C=CC1=C(C)CCCOB1O. The Bertz CT molecular complexity index is 187. The highest BCUT2D eigenvalue weighted by molar-refractivity contribution is 6.53. The van der Waals surface area contributed by atoms with Gasteiger partial charge >= 0.3 is 7.12 Å². The summed E-state index contributed by atoms with van der Waals surface area (Å²) in [5.74, 6) is 0. The molecule has 0 unspecified atom stereocenters. The van der Waals surface area contributed by atoms with Crippen molar-refractivity contribution in [2.45, 2.75) is 19.8 Å². The lowest BCUT2D eigenvalue weighted by atomic mass is 9.76. The Hall–Kier alpha value is -0.535. The molecule has 3 heteroatoms. The third-order valence-corrected chi connectivity index (χ3v) is 1.95. The molecule has 1 aliphatic rings. The maximum absolute atomic E-state index is 9.37. The molecule has 0 spiro atoms. The van der Waals surface area contributed by atoms with Gasteiger partial charge in [0.05, 0.1) is 0 Å². The third-order valence-electron chi connectivity index (χ3n) is 1.95. The van der Waals surface area contributed by atoms with Crippen molar-refractivity contribution in [2.75, 3.05) is 6.61 Å². The van der Waals surface area contributed by atoms with E-state index in [1.54, 1.807) is 6.08 Å². The Labute approximate surface area is 67.7 Å². The molecule has 0 aromatic rings. The van der Waals surface area contributed by atoms with Gasteiger partial charge in [-0.3, -0.25) is 0 Å². The molecule has 1 aliphatic heterocycles. The fourth-order valence-electron chi connectivity index (χ4n) is 1.25. The minimum Gasteiger partial charge on any atom is -0.423 e. The van der Waals surface area contributed by atoms with Crippen molar-refractivity contribution in [3.8, 4) is 0 Å². The standard InChI is InChI=1S/C8H13BO2/c1-3-8-7(2)5-4-6-11-9(8)10/h3,10H,1,4-6H2,2H3. The quantitative estimate of drug-likeness (QED) is 0.574. The monoisotopic (exact) mass is 152 g/mol. The van der Waals surface area contributed by atoms with Crippen molar-refractivity contribution >= 4 is 7.12 Å². The van der Waals surface area contributed by atoms with E-state index in [0.717, 1.165) is 18.3 Å². The van der Waals surface area contributed by atoms with E-state index >= 15 is 0 Å². The molecule has 60 valence electrons. The largest absolute Gasteiger partial charge is 0.491 e. The summed E-state index contributed by atoms with van der Waals surface area (Å²) < 4.78 is 5.10. The predicted octanol–water partition coefficient (Wildman–Crippen LogP) is 1.32. The van der Waals surface area contributed by atoms with E-state index in [4.69, 9.17) is 4.65 Å². The van der Waals surface area contributed by atoms with Crippen molar-refractivity contribution in [2.24, 2.45) is 0 Å². The Morgan fingerprint density at radius 3 is 3.09 bits per heavy atom. The molecule has 2 nitrogen and oxygen atoms in total. The zero-order chi connectivity index (χ0) is 8.27. The van der Waals surface area contributed by atoms with Gasteiger partial charge in [-0.1, -0.05) is 18.2 Å². The fraction of sp³-hybridized carbons (Fsp3) is 0.500. The fourth-order valence-corrected chi connectivity index (χ4v) is 1.25. The van der Waals surface area contributed by atoms with E-state index < -0.39 is 7.12 Å². The van der Waals surface area contributed by atoms with Crippen molar-refractivity contribution in [1.29, 1.82) is 0 Å². The van der Waals surface area contributed by atoms with Crippen LogP contribution in [0.15, 0.2) is 23.7 Å². The van der Waals surface area contributed by atoms with Crippen LogP contribution in [-0.2, 0) is 4.65 Å². The smallest absolute Gasteiger partial charge is 0.423 e. The Balaban J connectivity index is 2.81. The van der Waals surface area contributed by atoms with Gasteiger partial charge in [-0.25, -0.2) is 0 Å². The van der Waals surface area contributed by atoms with Gasteiger partial charge in [-0.15, -0.1) is 0 Å². The Morgan fingerprint density at radius 1 is 1.73 bits per heavy atom. The summed E-state index contributed by atoms with van der Waals surface area (Å²) in [5.41, 5.74) is 2.02. The molecule has 0 amide bonds. The van der Waals surface area contributed by atoms with Gasteiger partial charge in [0.15, 0.2) is 0 Å². The van der Waals surface area contributed by atoms with E-state index in [1.807, 2.05) is 6.92 Å². The number of hydrogen-bond acceptors (Lipinski definition) is 2. The van der Waals surface area contributed by atoms with Crippen LogP contribution in [0.2, 0.25) is 0 Å². The Kier molecular flexibility index (Phi) is 2.91. The van der Waals surface area contributed by atoms with Crippen LogP contribution in [0, 0.1) is 0 Å². The molecular formula is C8H13BO2. The van der Waals surface area contributed by atoms with Crippen LogP contribution in [0.4, 0.5) is 0 Å². The summed E-state index contributed by atoms with van der Waals surface area (Å²) >= 11 is 0. The van der Waals surface area contributed by atoms with Gasteiger partial charge < -0.3 is 9.68 Å². The molecule has 0 aliphatic carbocycles. The lowest BCUT2D eigenvalue weighted by Crippen LogP contribution is -2.19. The van der Waals surface area contributed by atoms with Crippen LogP contribution < -0.4 is 0 Å². The minimum absolute atomic E-state index is 0.635. The first-order chi connectivity index (χ1) is 5.25. The molecule has 0 aromatic carbocycles. The van der Waals surface area contributed by atoms with Crippen LogP contribution in [-0.4, -0.2) is 18.7 Å². The molecule has 1 rings (SSSR count). The van der Waals surface area contributed by atoms with E-state index in [1.165, 1.54) is 5.57 Å². The molecular weight excluding hydrogens is 139 g/mol.